The highest BCUT2D eigenvalue weighted by Crippen LogP contribution is 2.17. The maximum Gasteiger partial charge on any atom is 0.329 e. The standard InChI is InChI=1S/C21H33N3O6S/c1-8-24(9-2)31(28,29)17-12-10-11-16(13-17)19(25)22-18(14(3)4)21(27)30-15(5)20(26)23(6)7/h10-15,18H,8-9H2,1-7H3,(H,22,25). The number of nitrogens with one attached hydrogen (secondary N) is 1. The molecule has 10 heteroatoms. The van der Waals surface area contributed by atoms with Gasteiger partial charge in [0.2, 0.25) is 10.0 Å². The Morgan fingerprint density at radius 3 is 2.13 bits per heavy atom. The van der Waals surface area contributed by atoms with Gasteiger partial charge in [0.05, 0.1) is 4.90 Å². The second-order valence-corrected chi connectivity index (χ2v) is 9.56. The van der Waals surface area contributed by atoms with Gasteiger partial charge in [-0.3, -0.25) is 9.59 Å². The Bertz CT molecular complexity index is 894. The van der Waals surface area contributed by atoms with Crippen LogP contribution in [0.1, 0.15) is 45.0 Å². The molecule has 0 aliphatic carbocycles. The van der Waals surface area contributed by atoms with Gasteiger partial charge in [0.1, 0.15) is 6.04 Å². The fourth-order valence-electron chi connectivity index (χ4n) is 2.89. The maximum atomic E-state index is 12.8. The molecule has 0 fully saturated rings. The second kappa shape index (κ2) is 11.2. The van der Waals surface area contributed by atoms with Crippen molar-refractivity contribution >= 4 is 27.8 Å². The summed E-state index contributed by atoms with van der Waals surface area (Å²) in [4.78, 5) is 38.6. The van der Waals surface area contributed by atoms with Crippen LogP contribution in [0.3, 0.4) is 0 Å². The Morgan fingerprint density at radius 1 is 1.06 bits per heavy atom. The van der Waals surface area contributed by atoms with Gasteiger partial charge in [0, 0.05) is 32.7 Å². The number of nitrogens with zero attached hydrogens (tertiary/aromatic N) is 2. The number of amides is 2. The van der Waals surface area contributed by atoms with Crippen molar-refractivity contribution in [3.05, 3.63) is 29.8 Å². The molecule has 2 atom stereocenters. The predicted molar refractivity (Wildman–Crippen MR) is 117 cm³/mol. The van der Waals surface area contributed by atoms with Crippen molar-refractivity contribution in [2.24, 2.45) is 5.92 Å². The molecule has 0 spiro atoms. The summed E-state index contributed by atoms with van der Waals surface area (Å²) in [6, 6.07) is 4.65. The minimum atomic E-state index is -3.73. The van der Waals surface area contributed by atoms with Crippen LogP contribution in [-0.2, 0) is 24.3 Å². The van der Waals surface area contributed by atoms with Crippen molar-refractivity contribution in [3.8, 4) is 0 Å². The van der Waals surface area contributed by atoms with E-state index in [1.165, 1.54) is 40.4 Å². The van der Waals surface area contributed by atoms with Gasteiger partial charge in [-0.25, -0.2) is 13.2 Å². The van der Waals surface area contributed by atoms with Crippen LogP contribution in [0.15, 0.2) is 29.2 Å². The zero-order chi connectivity index (χ0) is 23.9. The van der Waals surface area contributed by atoms with E-state index >= 15 is 0 Å². The summed E-state index contributed by atoms with van der Waals surface area (Å²) in [5.74, 6) is -2.05. The molecule has 0 saturated heterocycles. The first-order valence-electron chi connectivity index (χ1n) is 10.2. The number of hydrogen-bond acceptors (Lipinski definition) is 6. The number of likely N-dealkylation sites (N-methyl/N-ethyl adjacent to an activating group) is 1. The number of sulfonamides is 1. The van der Waals surface area contributed by atoms with Crippen molar-refractivity contribution in [1.29, 1.82) is 0 Å². The number of benzene rings is 1. The van der Waals surface area contributed by atoms with Crippen LogP contribution in [0.4, 0.5) is 0 Å². The van der Waals surface area contributed by atoms with Crippen molar-refractivity contribution in [3.63, 3.8) is 0 Å². The lowest BCUT2D eigenvalue weighted by molar-refractivity contribution is -0.160. The molecule has 1 N–H and O–H groups in total. The van der Waals surface area contributed by atoms with Crippen LogP contribution in [0, 0.1) is 5.92 Å². The van der Waals surface area contributed by atoms with Crippen LogP contribution in [-0.4, -0.2) is 74.7 Å². The van der Waals surface area contributed by atoms with Crippen LogP contribution in [0.25, 0.3) is 0 Å². The molecule has 9 nitrogen and oxygen atoms in total. The average Bonchev–Trinajstić information content (AvgIpc) is 2.71. The van der Waals surface area contributed by atoms with Crippen molar-refractivity contribution in [2.45, 2.75) is 51.7 Å². The highest BCUT2D eigenvalue weighted by Gasteiger charge is 2.30. The topological polar surface area (TPSA) is 113 Å². The molecule has 1 aromatic carbocycles. The predicted octanol–water partition coefficient (Wildman–Crippen LogP) is 1.49. The van der Waals surface area contributed by atoms with E-state index in [9.17, 15) is 22.8 Å². The number of hydrogen-bond donors (Lipinski definition) is 1. The van der Waals surface area contributed by atoms with E-state index in [4.69, 9.17) is 4.74 Å². The summed E-state index contributed by atoms with van der Waals surface area (Å²) in [5, 5.41) is 2.60. The third-order valence-electron chi connectivity index (χ3n) is 4.73. The van der Waals surface area contributed by atoms with E-state index in [0.29, 0.717) is 13.1 Å². The van der Waals surface area contributed by atoms with E-state index < -0.39 is 34.0 Å². The second-order valence-electron chi connectivity index (χ2n) is 7.62. The summed E-state index contributed by atoms with van der Waals surface area (Å²) in [6.07, 6.45) is -0.997. The number of esters is 1. The zero-order valence-corrected chi connectivity index (χ0v) is 20.0. The van der Waals surface area contributed by atoms with Gasteiger partial charge >= 0.3 is 5.97 Å². The fourth-order valence-corrected chi connectivity index (χ4v) is 4.40. The van der Waals surface area contributed by atoms with Gasteiger partial charge in [-0.05, 0) is 31.0 Å². The molecule has 0 heterocycles. The van der Waals surface area contributed by atoms with Gasteiger partial charge in [0.25, 0.3) is 11.8 Å². The first-order chi connectivity index (χ1) is 14.4. The molecule has 0 aliphatic rings. The highest BCUT2D eigenvalue weighted by atomic mass is 32.2. The monoisotopic (exact) mass is 455 g/mol. The quantitative estimate of drug-likeness (QED) is 0.535. The van der Waals surface area contributed by atoms with E-state index in [2.05, 4.69) is 5.32 Å². The number of rotatable bonds is 10. The molecular formula is C21H33N3O6S. The summed E-state index contributed by atoms with van der Waals surface area (Å²) >= 11 is 0. The fraction of sp³-hybridized carbons (Fsp3) is 0.571. The average molecular weight is 456 g/mol. The number of carbonyl (C=O) groups excluding carboxylic acids is 3. The summed E-state index contributed by atoms with van der Waals surface area (Å²) < 4.78 is 32.0. The molecule has 0 bridgehead atoms. The van der Waals surface area contributed by atoms with E-state index in [1.807, 2.05) is 0 Å². The Morgan fingerprint density at radius 2 is 1.65 bits per heavy atom. The molecule has 2 unspecified atom stereocenters. The van der Waals surface area contributed by atoms with Crippen LogP contribution >= 0.6 is 0 Å². The molecule has 0 radical (unpaired) electrons. The Labute approximate surface area is 184 Å². The number of ether oxygens (including phenoxy) is 1. The van der Waals surface area contributed by atoms with Crippen molar-refractivity contribution in [2.75, 3.05) is 27.2 Å². The van der Waals surface area contributed by atoms with E-state index in [0.717, 1.165) is 0 Å². The van der Waals surface area contributed by atoms with Gasteiger partial charge < -0.3 is 15.0 Å². The lowest BCUT2D eigenvalue weighted by Crippen LogP contribution is -2.47. The van der Waals surface area contributed by atoms with Crippen LogP contribution in [0.5, 0.6) is 0 Å². The molecule has 0 aromatic heterocycles. The molecule has 0 saturated carbocycles. The Hall–Kier alpha value is -2.46. The summed E-state index contributed by atoms with van der Waals surface area (Å²) in [6.45, 7) is 9.00. The van der Waals surface area contributed by atoms with E-state index in [1.54, 1.807) is 41.8 Å². The van der Waals surface area contributed by atoms with Gasteiger partial charge in [-0.1, -0.05) is 33.8 Å². The Kier molecular flexibility index (Phi) is 9.64. The minimum absolute atomic E-state index is 0.00211. The third kappa shape index (κ3) is 6.76. The molecule has 1 aromatic rings. The Balaban J connectivity index is 3.06. The molecular weight excluding hydrogens is 422 g/mol. The minimum Gasteiger partial charge on any atom is -0.451 e. The molecule has 1 rings (SSSR count). The van der Waals surface area contributed by atoms with Gasteiger partial charge in [-0.15, -0.1) is 0 Å². The van der Waals surface area contributed by atoms with Crippen molar-refractivity contribution < 1.29 is 27.5 Å². The molecule has 0 aliphatic heterocycles. The highest BCUT2D eigenvalue weighted by molar-refractivity contribution is 7.89. The molecule has 2 amide bonds. The summed E-state index contributed by atoms with van der Waals surface area (Å²) in [7, 11) is -0.634. The van der Waals surface area contributed by atoms with Crippen LogP contribution in [0.2, 0.25) is 0 Å². The maximum absolute atomic E-state index is 12.8. The van der Waals surface area contributed by atoms with Gasteiger partial charge in [0.15, 0.2) is 6.10 Å². The van der Waals surface area contributed by atoms with Crippen molar-refractivity contribution in [1.82, 2.24) is 14.5 Å². The molecule has 31 heavy (non-hydrogen) atoms. The molecule has 174 valence electrons. The zero-order valence-electron chi connectivity index (χ0n) is 19.2. The third-order valence-corrected chi connectivity index (χ3v) is 6.77. The SMILES string of the molecule is CCN(CC)S(=O)(=O)c1cccc(C(=O)NC(C(=O)OC(C)C(=O)N(C)C)C(C)C)c1. The largest absolute Gasteiger partial charge is 0.451 e. The van der Waals surface area contributed by atoms with E-state index in [-0.39, 0.29) is 22.3 Å². The normalized spacial score (nSPS) is 13.6. The number of carbonyl (C=O) groups is 3. The first kappa shape index (κ1) is 26.6. The lowest BCUT2D eigenvalue weighted by Gasteiger charge is -2.24. The first-order valence-corrected chi connectivity index (χ1v) is 11.6. The lowest BCUT2D eigenvalue weighted by atomic mass is 10.0. The van der Waals surface area contributed by atoms with Gasteiger partial charge in [-0.2, -0.15) is 4.31 Å². The summed E-state index contributed by atoms with van der Waals surface area (Å²) in [5.41, 5.74) is 0.101. The smallest absolute Gasteiger partial charge is 0.329 e. The van der Waals surface area contributed by atoms with Crippen LogP contribution < -0.4 is 5.32 Å².